The number of benzene rings is 3. The molecule has 168 valence electrons. The first-order valence-electron chi connectivity index (χ1n) is 10.7. The number of carbonyl (C=O) groups is 1. The summed E-state index contributed by atoms with van der Waals surface area (Å²) >= 11 is 0. The number of hydrogen-bond acceptors (Lipinski definition) is 6. The summed E-state index contributed by atoms with van der Waals surface area (Å²) in [4.78, 5) is 27.5. The maximum absolute atomic E-state index is 13.2. The van der Waals surface area contributed by atoms with Crippen molar-refractivity contribution in [2.45, 2.75) is 6.04 Å². The predicted molar refractivity (Wildman–Crippen MR) is 127 cm³/mol. The first kappa shape index (κ1) is 21.1. The van der Waals surface area contributed by atoms with Gasteiger partial charge in [-0.25, -0.2) is 5.01 Å². The van der Waals surface area contributed by atoms with Crippen LogP contribution in [-0.4, -0.2) is 27.4 Å². The molecule has 2 heterocycles. The molecule has 1 aromatic heterocycles. The smallest absolute Gasteiger partial charge is 0.406 e. The number of ether oxygens (including phenoxy) is 1. The Labute approximate surface area is 195 Å². The van der Waals surface area contributed by atoms with E-state index in [1.807, 2.05) is 72.8 Å². The second-order valence-electron chi connectivity index (χ2n) is 7.74. The maximum Gasteiger partial charge on any atom is 0.406 e. The Kier molecular flexibility index (Phi) is 5.61. The number of nitro groups is 1. The van der Waals surface area contributed by atoms with E-state index in [2.05, 4.69) is 16.5 Å². The molecule has 0 saturated carbocycles. The molecule has 0 aliphatic carbocycles. The van der Waals surface area contributed by atoms with Gasteiger partial charge in [0.25, 0.3) is 5.91 Å². The fourth-order valence-electron chi connectivity index (χ4n) is 3.94. The van der Waals surface area contributed by atoms with Crippen molar-refractivity contribution < 1.29 is 14.5 Å². The molecule has 8 heteroatoms. The van der Waals surface area contributed by atoms with Crippen molar-refractivity contribution in [2.24, 2.45) is 0 Å². The fraction of sp³-hybridized carbons (Fsp3) is 0.0769. The number of rotatable bonds is 6. The van der Waals surface area contributed by atoms with E-state index >= 15 is 0 Å². The van der Waals surface area contributed by atoms with Crippen LogP contribution in [0.1, 0.15) is 17.2 Å². The van der Waals surface area contributed by atoms with Crippen LogP contribution in [0.2, 0.25) is 0 Å². The monoisotopic (exact) mass is 452 g/mol. The lowest BCUT2D eigenvalue weighted by Gasteiger charge is -2.25. The van der Waals surface area contributed by atoms with E-state index in [0.29, 0.717) is 0 Å². The van der Waals surface area contributed by atoms with Gasteiger partial charge in [0.15, 0.2) is 6.61 Å². The molecule has 3 aromatic carbocycles. The Balaban J connectivity index is 1.42. The lowest BCUT2D eigenvalue weighted by Crippen LogP contribution is -2.42. The molecule has 0 spiro atoms. The number of amides is 1. The average molecular weight is 452 g/mol. The van der Waals surface area contributed by atoms with Gasteiger partial charge in [0.05, 0.1) is 11.7 Å². The van der Waals surface area contributed by atoms with E-state index in [-0.39, 0.29) is 24.3 Å². The lowest BCUT2D eigenvalue weighted by molar-refractivity contribution is -0.390. The quantitative estimate of drug-likeness (QED) is 0.338. The minimum atomic E-state index is -0.639. The van der Waals surface area contributed by atoms with Crippen LogP contribution in [0, 0.1) is 10.1 Å². The fourth-order valence-corrected chi connectivity index (χ4v) is 3.94. The molecule has 0 unspecified atom stereocenters. The van der Waals surface area contributed by atoms with E-state index in [1.54, 1.807) is 0 Å². The molecule has 5 rings (SSSR count). The van der Waals surface area contributed by atoms with Crippen molar-refractivity contribution in [1.29, 1.82) is 0 Å². The number of nitrogens with one attached hydrogen (secondary N) is 1. The first-order valence-corrected chi connectivity index (χ1v) is 10.7. The van der Waals surface area contributed by atoms with Crippen LogP contribution >= 0.6 is 0 Å². The molecule has 0 bridgehead atoms. The third-order valence-electron chi connectivity index (χ3n) is 5.59. The summed E-state index contributed by atoms with van der Waals surface area (Å²) in [6.45, 7) is -0.387. The molecule has 0 fully saturated rings. The molecular weight excluding hydrogens is 432 g/mol. The topological polar surface area (TPSA) is 97.6 Å². The zero-order valence-corrected chi connectivity index (χ0v) is 18.0. The molecule has 1 aliphatic heterocycles. The number of hydrogen-bond donors (Lipinski definition) is 1. The summed E-state index contributed by atoms with van der Waals surface area (Å²) in [7, 11) is 0. The van der Waals surface area contributed by atoms with Crippen LogP contribution < -0.4 is 10.2 Å². The van der Waals surface area contributed by atoms with Crippen LogP contribution in [0.4, 0.5) is 5.82 Å². The van der Waals surface area contributed by atoms with Gasteiger partial charge in [0.2, 0.25) is 5.75 Å². The Bertz CT molecular complexity index is 1400. The Morgan fingerprint density at radius 1 is 1.00 bits per heavy atom. The van der Waals surface area contributed by atoms with E-state index in [9.17, 15) is 14.9 Å². The van der Waals surface area contributed by atoms with Crippen molar-refractivity contribution in [3.8, 4) is 5.75 Å². The van der Waals surface area contributed by atoms with E-state index in [0.717, 1.165) is 27.6 Å². The zero-order chi connectivity index (χ0) is 23.5. The van der Waals surface area contributed by atoms with Crippen molar-refractivity contribution in [1.82, 2.24) is 15.4 Å². The number of pyridine rings is 1. The Morgan fingerprint density at radius 2 is 1.76 bits per heavy atom. The van der Waals surface area contributed by atoms with Gasteiger partial charge in [-0.3, -0.25) is 10.2 Å². The van der Waals surface area contributed by atoms with Gasteiger partial charge in [0, 0.05) is 0 Å². The van der Waals surface area contributed by atoms with Crippen molar-refractivity contribution >= 4 is 28.2 Å². The minimum Gasteiger partial charge on any atom is -0.475 e. The van der Waals surface area contributed by atoms with Gasteiger partial charge in [-0.05, 0) is 56.1 Å². The molecule has 34 heavy (non-hydrogen) atoms. The van der Waals surface area contributed by atoms with Crippen LogP contribution in [0.5, 0.6) is 5.75 Å². The van der Waals surface area contributed by atoms with Crippen molar-refractivity contribution in [2.75, 3.05) is 6.61 Å². The van der Waals surface area contributed by atoms with E-state index in [4.69, 9.17) is 4.74 Å². The van der Waals surface area contributed by atoms with Crippen LogP contribution in [0.25, 0.3) is 16.5 Å². The highest BCUT2D eigenvalue weighted by molar-refractivity contribution is 5.87. The summed E-state index contributed by atoms with van der Waals surface area (Å²) in [5, 5.41) is 14.9. The van der Waals surface area contributed by atoms with Gasteiger partial charge in [-0.15, -0.1) is 0 Å². The summed E-state index contributed by atoms with van der Waals surface area (Å²) in [5.41, 5.74) is 5.87. The maximum atomic E-state index is 13.2. The molecule has 1 aliphatic rings. The lowest BCUT2D eigenvalue weighted by atomic mass is 10.0. The second kappa shape index (κ2) is 9.03. The largest absolute Gasteiger partial charge is 0.475 e. The third-order valence-corrected chi connectivity index (χ3v) is 5.59. The van der Waals surface area contributed by atoms with Gasteiger partial charge in [-0.2, -0.15) is 0 Å². The zero-order valence-electron chi connectivity index (χ0n) is 18.0. The minimum absolute atomic E-state index is 0.0565. The van der Waals surface area contributed by atoms with Crippen LogP contribution in [0.3, 0.4) is 0 Å². The molecule has 1 atom stereocenters. The summed E-state index contributed by atoms with van der Waals surface area (Å²) in [6, 6.07) is 26.4. The number of nitrogens with zero attached hydrogens (tertiary/aromatic N) is 3. The SMILES string of the molecule is O=C(COc1cccnc1[N+](=O)[O-])N1NC(c2ccc3ccccc3c2)=C[C@@H]1c1ccccc1. The number of fused-ring (bicyclic) bond motifs is 1. The molecule has 8 nitrogen and oxygen atoms in total. The standard InChI is InChI=1S/C26H20N4O4/c31-25(17-34-24-11-6-14-27-26(24)30(32)33)29-23(19-8-2-1-3-9-19)16-22(28-29)21-13-12-18-7-4-5-10-20(18)15-21/h1-16,23,28H,17H2/t23-/m1/s1. The number of hydrazine groups is 1. The number of carbonyl (C=O) groups excluding carboxylic acids is 1. The summed E-state index contributed by atoms with van der Waals surface area (Å²) < 4.78 is 5.50. The van der Waals surface area contributed by atoms with Gasteiger partial charge in [0.1, 0.15) is 6.20 Å². The highest BCUT2D eigenvalue weighted by Crippen LogP contribution is 2.32. The van der Waals surface area contributed by atoms with Crippen molar-refractivity contribution in [3.63, 3.8) is 0 Å². The van der Waals surface area contributed by atoms with Gasteiger partial charge < -0.3 is 14.9 Å². The molecular formula is C26H20N4O4. The van der Waals surface area contributed by atoms with Gasteiger partial charge >= 0.3 is 5.82 Å². The van der Waals surface area contributed by atoms with Crippen LogP contribution in [-0.2, 0) is 4.79 Å². The second-order valence-corrected chi connectivity index (χ2v) is 7.74. The van der Waals surface area contributed by atoms with Gasteiger partial charge in [-0.1, -0.05) is 66.7 Å². The van der Waals surface area contributed by atoms with E-state index < -0.39 is 10.7 Å². The molecule has 1 amide bonds. The average Bonchev–Trinajstić information content (AvgIpc) is 3.33. The highest BCUT2D eigenvalue weighted by Gasteiger charge is 2.31. The number of aromatic nitrogens is 1. The van der Waals surface area contributed by atoms with Crippen LogP contribution in [0.15, 0.2) is 97.2 Å². The summed E-state index contributed by atoms with van der Waals surface area (Å²) in [5.74, 6) is -0.864. The third kappa shape index (κ3) is 4.16. The normalized spacial score (nSPS) is 15.0. The molecule has 1 N–H and O–H groups in total. The molecule has 0 saturated heterocycles. The molecule has 0 radical (unpaired) electrons. The predicted octanol–water partition coefficient (Wildman–Crippen LogP) is 4.65. The van der Waals surface area contributed by atoms with Crippen molar-refractivity contribution in [3.05, 3.63) is 118 Å². The Hall–Kier alpha value is -4.72. The highest BCUT2D eigenvalue weighted by atomic mass is 16.6. The first-order chi connectivity index (χ1) is 16.6. The summed E-state index contributed by atoms with van der Waals surface area (Å²) in [6.07, 6.45) is 3.30. The Morgan fingerprint density at radius 3 is 2.56 bits per heavy atom. The van der Waals surface area contributed by atoms with E-state index in [1.165, 1.54) is 23.3 Å². The molecule has 4 aromatic rings.